The molecular weight excluding hydrogens is 372 g/mol. The normalized spacial score (nSPS) is 15.5. The minimum atomic E-state index is 0.537. The number of hydrogen-bond donors (Lipinski definition) is 1. The van der Waals surface area contributed by atoms with Crippen LogP contribution in [0.1, 0.15) is 30.0 Å². The van der Waals surface area contributed by atoms with Crippen LogP contribution in [0.5, 0.6) is 5.75 Å². The highest BCUT2D eigenvalue weighted by atomic mass is 16.5. The van der Waals surface area contributed by atoms with Gasteiger partial charge in [-0.1, -0.05) is 42.5 Å². The lowest BCUT2D eigenvalue weighted by atomic mass is 9.93. The molecule has 0 bridgehead atoms. The highest BCUT2D eigenvalue weighted by Crippen LogP contribution is 2.28. The third kappa shape index (κ3) is 4.07. The van der Waals surface area contributed by atoms with Crippen molar-refractivity contribution in [1.29, 1.82) is 0 Å². The number of likely N-dealkylation sites (tertiary alicyclic amines) is 1. The summed E-state index contributed by atoms with van der Waals surface area (Å²) >= 11 is 0. The van der Waals surface area contributed by atoms with Crippen molar-refractivity contribution in [1.82, 2.24) is 19.9 Å². The van der Waals surface area contributed by atoms with Crippen molar-refractivity contribution in [3.8, 4) is 17.1 Å². The molecule has 5 heteroatoms. The van der Waals surface area contributed by atoms with Crippen LogP contribution in [0.25, 0.3) is 22.6 Å². The van der Waals surface area contributed by atoms with E-state index < -0.39 is 0 Å². The molecule has 1 saturated heterocycles. The number of hydrogen-bond acceptors (Lipinski definition) is 4. The fourth-order valence-electron chi connectivity index (χ4n) is 4.02. The van der Waals surface area contributed by atoms with E-state index in [-0.39, 0.29) is 0 Å². The maximum absolute atomic E-state index is 5.83. The molecule has 1 N–H and O–H groups in total. The van der Waals surface area contributed by atoms with Crippen LogP contribution >= 0.6 is 0 Å². The standard InChI is InChI=1S/C25H26N4O/c1-29-15-13-19(14-16-29)22-11-12-23-25(26-22)28-24(27-23)20-9-7-18(8-10-20)17-30-21-5-3-2-4-6-21/h2-12,19H,13-17H2,1H3,(H,26,27,28). The zero-order valence-electron chi connectivity index (χ0n) is 17.2. The molecule has 0 spiro atoms. The lowest BCUT2D eigenvalue weighted by Gasteiger charge is -2.28. The Morgan fingerprint density at radius 3 is 2.47 bits per heavy atom. The molecule has 5 rings (SSSR count). The van der Waals surface area contributed by atoms with Gasteiger partial charge >= 0.3 is 0 Å². The highest BCUT2D eigenvalue weighted by molar-refractivity contribution is 5.76. The molecule has 0 aliphatic carbocycles. The predicted octanol–water partition coefficient (Wildman–Crippen LogP) is 5.01. The van der Waals surface area contributed by atoms with Crippen LogP contribution in [0.4, 0.5) is 0 Å². The number of nitrogens with one attached hydrogen (secondary N) is 1. The summed E-state index contributed by atoms with van der Waals surface area (Å²) in [6.45, 7) is 2.82. The topological polar surface area (TPSA) is 54.0 Å². The summed E-state index contributed by atoms with van der Waals surface area (Å²) in [6.07, 6.45) is 2.33. The zero-order chi connectivity index (χ0) is 20.3. The van der Waals surface area contributed by atoms with Gasteiger partial charge in [0.25, 0.3) is 0 Å². The van der Waals surface area contributed by atoms with E-state index >= 15 is 0 Å². The summed E-state index contributed by atoms with van der Waals surface area (Å²) in [5.74, 6) is 2.27. The first-order chi connectivity index (χ1) is 14.7. The van der Waals surface area contributed by atoms with Crippen molar-refractivity contribution in [3.05, 3.63) is 78.0 Å². The molecular formula is C25H26N4O. The van der Waals surface area contributed by atoms with Gasteiger partial charge in [-0.15, -0.1) is 0 Å². The van der Waals surface area contributed by atoms with Crippen molar-refractivity contribution in [2.24, 2.45) is 0 Å². The van der Waals surface area contributed by atoms with Gasteiger partial charge in [0.15, 0.2) is 5.65 Å². The van der Waals surface area contributed by atoms with Crippen molar-refractivity contribution in [2.45, 2.75) is 25.4 Å². The van der Waals surface area contributed by atoms with Crippen LogP contribution in [0.3, 0.4) is 0 Å². The monoisotopic (exact) mass is 398 g/mol. The summed E-state index contributed by atoms with van der Waals surface area (Å²) in [4.78, 5) is 15.4. The zero-order valence-corrected chi connectivity index (χ0v) is 17.2. The molecule has 0 atom stereocenters. The number of fused-ring (bicyclic) bond motifs is 1. The Morgan fingerprint density at radius 1 is 0.933 bits per heavy atom. The second kappa shape index (κ2) is 8.28. The fraction of sp³-hybridized carbons (Fsp3) is 0.280. The van der Waals surface area contributed by atoms with E-state index in [0.29, 0.717) is 12.5 Å². The minimum Gasteiger partial charge on any atom is -0.489 e. The first-order valence-electron chi connectivity index (χ1n) is 10.6. The Bertz CT molecular complexity index is 1110. The van der Waals surface area contributed by atoms with Crippen molar-refractivity contribution in [2.75, 3.05) is 20.1 Å². The molecule has 30 heavy (non-hydrogen) atoms. The summed E-state index contributed by atoms with van der Waals surface area (Å²) in [5, 5.41) is 0. The number of nitrogens with zero attached hydrogens (tertiary/aromatic N) is 3. The summed E-state index contributed by atoms with van der Waals surface area (Å²) in [5.41, 5.74) is 5.14. The van der Waals surface area contributed by atoms with Crippen molar-refractivity contribution >= 4 is 11.2 Å². The lowest BCUT2D eigenvalue weighted by Crippen LogP contribution is -2.29. The number of benzene rings is 2. The number of piperidine rings is 1. The van der Waals surface area contributed by atoms with Gasteiger partial charge in [-0.3, -0.25) is 0 Å². The number of aromatic nitrogens is 3. The van der Waals surface area contributed by atoms with Gasteiger partial charge in [0.1, 0.15) is 18.2 Å². The van der Waals surface area contributed by atoms with Gasteiger partial charge < -0.3 is 14.6 Å². The molecule has 0 amide bonds. The van der Waals surface area contributed by atoms with Crippen LogP contribution in [0, 0.1) is 0 Å². The second-order valence-corrected chi connectivity index (χ2v) is 8.07. The van der Waals surface area contributed by atoms with Crippen LogP contribution in [0.2, 0.25) is 0 Å². The second-order valence-electron chi connectivity index (χ2n) is 8.07. The molecule has 0 unspecified atom stereocenters. The molecule has 2 aromatic carbocycles. The molecule has 3 heterocycles. The van der Waals surface area contributed by atoms with Crippen LogP contribution in [0.15, 0.2) is 66.7 Å². The number of ether oxygens (including phenoxy) is 1. The van der Waals surface area contributed by atoms with E-state index in [0.717, 1.165) is 47.0 Å². The van der Waals surface area contributed by atoms with E-state index in [1.54, 1.807) is 0 Å². The number of rotatable bonds is 5. The van der Waals surface area contributed by atoms with Gasteiger partial charge in [0.05, 0.1) is 5.52 Å². The number of para-hydroxylation sites is 1. The molecule has 2 aromatic heterocycles. The quantitative estimate of drug-likeness (QED) is 0.513. The van der Waals surface area contributed by atoms with Crippen molar-refractivity contribution < 1.29 is 4.74 Å². The fourth-order valence-corrected chi connectivity index (χ4v) is 4.02. The molecule has 4 aromatic rings. The van der Waals surface area contributed by atoms with Gasteiger partial charge in [-0.05, 0) is 62.8 Å². The number of imidazole rings is 1. The first-order valence-corrected chi connectivity index (χ1v) is 10.6. The molecule has 1 aliphatic rings. The molecule has 1 fully saturated rings. The summed E-state index contributed by atoms with van der Waals surface area (Å²) in [6, 6.07) is 22.5. The molecule has 1 aliphatic heterocycles. The van der Waals surface area contributed by atoms with E-state index in [4.69, 9.17) is 14.7 Å². The Balaban J connectivity index is 1.30. The Morgan fingerprint density at radius 2 is 1.70 bits per heavy atom. The van der Waals surface area contributed by atoms with E-state index in [9.17, 15) is 0 Å². The average molecular weight is 399 g/mol. The maximum Gasteiger partial charge on any atom is 0.178 e. The van der Waals surface area contributed by atoms with Gasteiger partial charge in [0.2, 0.25) is 0 Å². The Labute approximate surface area is 176 Å². The lowest BCUT2D eigenvalue weighted by molar-refractivity contribution is 0.253. The molecule has 5 nitrogen and oxygen atoms in total. The van der Waals surface area contributed by atoms with Crippen LogP contribution < -0.4 is 4.74 Å². The highest BCUT2D eigenvalue weighted by Gasteiger charge is 2.20. The minimum absolute atomic E-state index is 0.537. The largest absolute Gasteiger partial charge is 0.489 e. The predicted molar refractivity (Wildman–Crippen MR) is 120 cm³/mol. The Hall–Kier alpha value is -3.18. The van der Waals surface area contributed by atoms with Gasteiger partial charge in [-0.25, -0.2) is 9.97 Å². The smallest absolute Gasteiger partial charge is 0.178 e. The third-order valence-corrected chi connectivity index (χ3v) is 5.88. The van der Waals surface area contributed by atoms with E-state index in [1.807, 2.05) is 30.3 Å². The van der Waals surface area contributed by atoms with E-state index in [1.165, 1.54) is 18.5 Å². The summed E-state index contributed by atoms with van der Waals surface area (Å²) in [7, 11) is 2.19. The summed E-state index contributed by atoms with van der Waals surface area (Å²) < 4.78 is 5.83. The Kier molecular flexibility index (Phi) is 5.20. The van der Waals surface area contributed by atoms with Gasteiger partial charge in [-0.2, -0.15) is 0 Å². The maximum atomic E-state index is 5.83. The third-order valence-electron chi connectivity index (χ3n) is 5.88. The van der Waals surface area contributed by atoms with Crippen molar-refractivity contribution in [3.63, 3.8) is 0 Å². The van der Waals surface area contributed by atoms with Gasteiger partial charge in [0, 0.05) is 17.2 Å². The number of H-pyrrole nitrogens is 1. The number of aromatic amines is 1. The average Bonchev–Trinajstić information content (AvgIpc) is 3.23. The van der Waals surface area contributed by atoms with Crippen LogP contribution in [-0.4, -0.2) is 40.0 Å². The first kappa shape index (κ1) is 18.8. The van der Waals surface area contributed by atoms with Crippen LogP contribution in [-0.2, 0) is 6.61 Å². The molecule has 0 saturated carbocycles. The molecule has 152 valence electrons. The number of pyridine rings is 1. The van der Waals surface area contributed by atoms with E-state index in [2.05, 4.69) is 53.3 Å². The molecule has 0 radical (unpaired) electrons. The SMILES string of the molecule is CN1CCC(c2ccc3[nH]c(-c4ccc(COc5ccccc5)cc4)nc3n2)CC1.